The van der Waals surface area contributed by atoms with Gasteiger partial charge >= 0.3 is 0 Å². The summed E-state index contributed by atoms with van der Waals surface area (Å²) in [6.07, 6.45) is 3.38. The number of carbonyl (C=O) groups excluding carboxylic acids is 1. The first-order valence-corrected chi connectivity index (χ1v) is 9.22. The summed E-state index contributed by atoms with van der Waals surface area (Å²) in [5, 5.41) is 0.638. The van der Waals surface area contributed by atoms with Crippen LogP contribution in [0, 0.1) is 10.8 Å². The van der Waals surface area contributed by atoms with Gasteiger partial charge in [-0.3, -0.25) is 4.79 Å². The van der Waals surface area contributed by atoms with Crippen LogP contribution >= 0.6 is 27.5 Å². The Balaban J connectivity index is 1.65. The molecular formula is C18H23BrClNO2. The summed E-state index contributed by atoms with van der Waals surface area (Å²) in [6, 6.07) is 5.67. The lowest BCUT2D eigenvalue weighted by Gasteiger charge is -2.39. The number of amides is 1. The normalized spacial score (nSPS) is 28.7. The predicted molar refractivity (Wildman–Crippen MR) is 95.9 cm³/mol. The van der Waals surface area contributed by atoms with E-state index in [4.69, 9.17) is 16.3 Å². The highest BCUT2D eigenvalue weighted by molar-refractivity contribution is 9.10. The van der Waals surface area contributed by atoms with E-state index in [1.165, 1.54) is 6.42 Å². The molecule has 3 rings (SSSR count). The molecule has 1 saturated heterocycles. The number of likely N-dealkylation sites (tertiary alicyclic amines) is 1. The Morgan fingerprint density at radius 1 is 1.39 bits per heavy atom. The first kappa shape index (κ1) is 17.1. The Hall–Kier alpha value is -0.740. The molecule has 0 unspecified atom stereocenters. The third kappa shape index (κ3) is 3.69. The number of fused-ring (bicyclic) bond motifs is 2. The van der Waals surface area contributed by atoms with E-state index < -0.39 is 0 Å². The molecule has 1 aliphatic carbocycles. The number of rotatable bonds is 3. The van der Waals surface area contributed by atoms with Gasteiger partial charge in [0.1, 0.15) is 5.75 Å². The van der Waals surface area contributed by atoms with Gasteiger partial charge in [0, 0.05) is 17.6 Å². The molecule has 3 nitrogen and oxygen atoms in total. The number of halogens is 2. The van der Waals surface area contributed by atoms with Crippen LogP contribution in [-0.2, 0) is 4.79 Å². The first-order valence-electron chi connectivity index (χ1n) is 8.05. The standard InChI is InChI=1S/C18H23BrClNO2/c1-17(2)7-13-8-18(3,10-17)11-21(13)16(22)9-23-15-5-4-12(20)6-14(15)19/h4-6,13H,7-11H2,1-3H3/t13-,18-/m1/s1. The minimum atomic E-state index is 0.0766. The summed E-state index contributed by atoms with van der Waals surface area (Å²) >= 11 is 9.34. The van der Waals surface area contributed by atoms with Gasteiger partial charge in [-0.2, -0.15) is 0 Å². The molecule has 1 aromatic rings. The van der Waals surface area contributed by atoms with Crippen LogP contribution in [0.15, 0.2) is 22.7 Å². The van der Waals surface area contributed by atoms with Crippen LogP contribution in [0.25, 0.3) is 0 Å². The van der Waals surface area contributed by atoms with Gasteiger partial charge in [0.25, 0.3) is 5.91 Å². The highest BCUT2D eigenvalue weighted by Crippen LogP contribution is 2.52. The molecule has 126 valence electrons. The second-order valence-corrected chi connectivity index (χ2v) is 9.39. The van der Waals surface area contributed by atoms with Gasteiger partial charge < -0.3 is 9.64 Å². The van der Waals surface area contributed by atoms with E-state index in [-0.39, 0.29) is 17.9 Å². The highest BCUT2D eigenvalue weighted by atomic mass is 79.9. The van der Waals surface area contributed by atoms with Crippen molar-refractivity contribution in [3.8, 4) is 5.75 Å². The SMILES string of the molecule is CC1(C)C[C@@H]2C[C@@](C)(CN2C(=O)COc2ccc(Cl)cc2Br)C1. The minimum absolute atomic E-state index is 0.0766. The molecule has 0 N–H and O–H groups in total. The summed E-state index contributed by atoms with van der Waals surface area (Å²) in [5.41, 5.74) is 0.565. The Morgan fingerprint density at radius 3 is 2.83 bits per heavy atom. The zero-order chi connectivity index (χ0) is 16.8. The van der Waals surface area contributed by atoms with E-state index in [0.29, 0.717) is 22.2 Å². The van der Waals surface area contributed by atoms with E-state index in [0.717, 1.165) is 23.9 Å². The molecule has 2 bridgehead atoms. The van der Waals surface area contributed by atoms with Crippen molar-refractivity contribution in [3.63, 3.8) is 0 Å². The van der Waals surface area contributed by atoms with Gasteiger partial charge in [0.15, 0.2) is 6.61 Å². The van der Waals surface area contributed by atoms with Crippen molar-refractivity contribution in [2.24, 2.45) is 10.8 Å². The number of benzene rings is 1. The second-order valence-electron chi connectivity index (χ2n) is 8.10. The minimum Gasteiger partial charge on any atom is -0.483 e. The number of hydrogen-bond acceptors (Lipinski definition) is 2. The molecule has 1 aromatic carbocycles. The Kier molecular flexibility index (Phi) is 4.43. The van der Waals surface area contributed by atoms with Gasteiger partial charge in [0.05, 0.1) is 4.47 Å². The molecule has 2 aliphatic rings. The van der Waals surface area contributed by atoms with Crippen LogP contribution in [0.4, 0.5) is 0 Å². The van der Waals surface area contributed by atoms with Crippen LogP contribution < -0.4 is 4.74 Å². The quantitative estimate of drug-likeness (QED) is 0.721. The fourth-order valence-electron chi connectivity index (χ4n) is 4.57. The largest absolute Gasteiger partial charge is 0.483 e. The van der Waals surface area contributed by atoms with Gasteiger partial charge in [0.2, 0.25) is 0 Å². The fraction of sp³-hybridized carbons (Fsp3) is 0.611. The lowest BCUT2D eigenvalue weighted by molar-refractivity contribution is -0.134. The maximum Gasteiger partial charge on any atom is 0.260 e. The maximum absolute atomic E-state index is 12.7. The summed E-state index contributed by atoms with van der Waals surface area (Å²) in [6.45, 7) is 7.86. The topological polar surface area (TPSA) is 29.5 Å². The monoisotopic (exact) mass is 399 g/mol. The second kappa shape index (κ2) is 5.96. The number of nitrogens with zero attached hydrogens (tertiary/aromatic N) is 1. The molecule has 2 fully saturated rings. The van der Waals surface area contributed by atoms with Crippen LogP contribution in [-0.4, -0.2) is 30.0 Å². The van der Waals surface area contributed by atoms with Crippen molar-refractivity contribution >= 4 is 33.4 Å². The van der Waals surface area contributed by atoms with Gasteiger partial charge in [-0.15, -0.1) is 0 Å². The average Bonchev–Trinajstić information content (AvgIpc) is 2.66. The molecule has 0 radical (unpaired) electrons. The van der Waals surface area contributed by atoms with E-state index in [1.54, 1.807) is 18.2 Å². The summed E-state index contributed by atoms with van der Waals surface area (Å²) in [4.78, 5) is 14.7. The highest BCUT2D eigenvalue weighted by Gasteiger charge is 2.50. The van der Waals surface area contributed by atoms with Crippen molar-refractivity contribution in [1.82, 2.24) is 4.90 Å². The van der Waals surface area contributed by atoms with Crippen molar-refractivity contribution in [1.29, 1.82) is 0 Å². The van der Waals surface area contributed by atoms with Gasteiger partial charge in [-0.25, -0.2) is 0 Å². The molecule has 1 heterocycles. The number of ether oxygens (including phenoxy) is 1. The first-order chi connectivity index (χ1) is 10.7. The smallest absolute Gasteiger partial charge is 0.260 e. The Morgan fingerprint density at radius 2 is 2.13 bits per heavy atom. The summed E-state index contributed by atoms with van der Waals surface area (Å²) in [5.74, 6) is 0.731. The number of hydrogen-bond donors (Lipinski definition) is 0. The van der Waals surface area contributed by atoms with E-state index in [9.17, 15) is 4.79 Å². The van der Waals surface area contributed by atoms with Crippen LogP contribution in [0.5, 0.6) is 5.75 Å². The average molecular weight is 401 g/mol. The lowest BCUT2D eigenvalue weighted by Crippen LogP contribution is -2.40. The molecule has 1 aliphatic heterocycles. The molecule has 2 atom stereocenters. The molecule has 0 aromatic heterocycles. The lowest BCUT2D eigenvalue weighted by atomic mass is 9.65. The molecule has 0 spiro atoms. The van der Waals surface area contributed by atoms with Crippen molar-refractivity contribution in [3.05, 3.63) is 27.7 Å². The Bertz CT molecular complexity index is 633. The summed E-state index contributed by atoms with van der Waals surface area (Å²) < 4.78 is 6.47. The zero-order valence-electron chi connectivity index (χ0n) is 13.9. The molecular weight excluding hydrogens is 378 g/mol. The predicted octanol–water partition coefficient (Wildman–Crippen LogP) is 4.91. The van der Waals surface area contributed by atoms with Crippen LogP contribution in [0.3, 0.4) is 0 Å². The molecule has 1 saturated carbocycles. The van der Waals surface area contributed by atoms with Gasteiger partial charge in [-0.05, 0) is 64.2 Å². The summed E-state index contributed by atoms with van der Waals surface area (Å²) in [7, 11) is 0. The van der Waals surface area contributed by atoms with Crippen molar-refractivity contribution in [2.75, 3.05) is 13.2 Å². The van der Waals surface area contributed by atoms with Crippen molar-refractivity contribution in [2.45, 2.75) is 46.1 Å². The third-order valence-electron chi connectivity index (χ3n) is 4.98. The molecule has 1 amide bonds. The number of carbonyl (C=O) groups is 1. The van der Waals surface area contributed by atoms with E-state index >= 15 is 0 Å². The molecule has 5 heteroatoms. The fourth-order valence-corrected chi connectivity index (χ4v) is 5.36. The third-order valence-corrected chi connectivity index (χ3v) is 5.84. The van der Waals surface area contributed by atoms with E-state index in [1.807, 2.05) is 4.90 Å². The van der Waals surface area contributed by atoms with E-state index in [2.05, 4.69) is 36.7 Å². The van der Waals surface area contributed by atoms with Crippen molar-refractivity contribution < 1.29 is 9.53 Å². The molecule has 23 heavy (non-hydrogen) atoms. The Labute approximate surface area is 151 Å². The van der Waals surface area contributed by atoms with Crippen LogP contribution in [0.1, 0.15) is 40.0 Å². The van der Waals surface area contributed by atoms with Gasteiger partial charge in [-0.1, -0.05) is 32.4 Å². The maximum atomic E-state index is 12.7. The zero-order valence-corrected chi connectivity index (χ0v) is 16.2. The van der Waals surface area contributed by atoms with Crippen LogP contribution in [0.2, 0.25) is 5.02 Å².